The summed E-state index contributed by atoms with van der Waals surface area (Å²) in [5.41, 5.74) is 0.00949. The number of carbonyl (C=O) groups excluding carboxylic acids is 1. The van der Waals surface area contributed by atoms with E-state index in [1.807, 2.05) is 0 Å². The van der Waals surface area contributed by atoms with Gasteiger partial charge in [-0.15, -0.1) is 0 Å². The number of benzene rings is 1. The first kappa shape index (κ1) is 16.3. The molecule has 4 heterocycles. The predicted molar refractivity (Wildman–Crippen MR) is 89.1 cm³/mol. The van der Waals surface area contributed by atoms with E-state index in [2.05, 4.69) is 17.1 Å². The maximum atomic E-state index is 13.9. The highest BCUT2D eigenvalue weighted by Gasteiger charge is 2.40. The van der Waals surface area contributed by atoms with Gasteiger partial charge in [-0.3, -0.25) is 9.69 Å². The molecule has 1 aromatic carbocycles. The maximum absolute atomic E-state index is 13.9. The van der Waals surface area contributed by atoms with E-state index in [0.29, 0.717) is 12.0 Å². The van der Waals surface area contributed by atoms with Crippen LogP contribution in [0.3, 0.4) is 0 Å². The van der Waals surface area contributed by atoms with Gasteiger partial charge in [-0.05, 0) is 69.1 Å². The van der Waals surface area contributed by atoms with Crippen LogP contribution in [0, 0.1) is 17.6 Å². The molecule has 1 N–H and O–H groups in total. The van der Waals surface area contributed by atoms with Crippen molar-refractivity contribution < 1.29 is 18.0 Å². The number of fused-ring (bicyclic) bond motifs is 3. The van der Waals surface area contributed by atoms with Crippen molar-refractivity contribution in [3.63, 3.8) is 0 Å². The minimum Gasteiger partial charge on any atom is -0.451 e. The summed E-state index contributed by atoms with van der Waals surface area (Å²) in [7, 11) is 0. The zero-order valence-electron chi connectivity index (χ0n) is 14.0. The minimum atomic E-state index is -0.589. The van der Waals surface area contributed by atoms with Crippen LogP contribution in [0.2, 0.25) is 0 Å². The number of carbonyl (C=O) groups is 1. The second kappa shape index (κ2) is 6.26. The van der Waals surface area contributed by atoms with E-state index in [4.69, 9.17) is 4.42 Å². The molecule has 5 rings (SSSR count). The van der Waals surface area contributed by atoms with Crippen molar-refractivity contribution in [1.82, 2.24) is 10.2 Å². The Kier molecular flexibility index (Phi) is 4.07. The Hall–Kier alpha value is -2.21. The zero-order chi connectivity index (χ0) is 17.6. The molecule has 1 aromatic heterocycles. The average molecular weight is 346 g/mol. The van der Waals surface area contributed by atoms with Crippen molar-refractivity contribution >= 4 is 5.91 Å². The number of nitrogens with one attached hydrogen (secondary N) is 1. The summed E-state index contributed by atoms with van der Waals surface area (Å²) in [4.78, 5) is 14.9. The van der Waals surface area contributed by atoms with E-state index < -0.39 is 11.6 Å². The Morgan fingerprint density at radius 2 is 1.96 bits per heavy atom. The Labute approximate surface area is 144 Å². The summed E-state index contributed by atoms with van der Waals surface area (Å²) in [5.74, 6) is -0.715. The van der Waals surface area contributed by atoms with Crippen LogP contribution in [0.25, 0.3) is 11.3 Å². The standard InChI is InChI=1S/C19H20F2N2O2/c1-11-18(12-6-8-23(11)9-7-12)22-19(24)17-5-4-16(25-17)14-10-13(20)2-3-15(14)21/h2-5,10-12,18H,6-9H2,1H3,(H,22,24). The van der Waals surface area contributed by atoms with Crippen LogP contribution in [0.1, 0.15) is 30.3 Å². The highest BCUT2D eigenvalue weighted by atomic mass is 19.1. The summed E-state index contributed by atoms with van der Waals surface area (Å²) < 4.78 is 32.7. The van der Waals surface area contributed by atoms with Crippen molar-refractivity contribution in [2.24, 2.45) is 5.92 Å². The Morgan fingerprint density at radius 3 is 2.68 bits per heavy atom. The topological polar surface area (TPSA) is 45.5 Å². The molecular formula is C19H20F2N2O2. The minimum absolute atomic E-state index is 0.00949. The molecule has 0 aliphatic carbocycles. The predicted octanol–water partition coefficient (Wildman–Crippen LogP) is 3.44. The van der Waals surface area contributed by atoms with Crippen LogP contribution in [-0.2, 0) is 0 Å². The lowest BCUT2D eigenvalue weighted by Gasteiger charge is -2.49. The number of hydrogen-bond acceptors (Lipinski definition) is 3. The first-order valence-electron chi connectivity index (χ1n) is 8.63. The average Bonchev–Trinajstić information content (AvgIpc) is 3.10. The second-order valence-electron chi connectivity index (χ2n) is 6.90. The monoisotopic (exact) mass is 346 g/mol. The van der Waals surface area contributed by atoms with E-state index in [9.17, 15) is 13.6 Å². The molecule has 6 heteroatoms. The quantitative estimate of drug-likeness (QED) is 0.926. The van der Waals surface area contributed by atoms with Gasteiger partial charge in [0.1, 0.15) is 17.4 Å². The van der Waals surface area contributed by atoms with Gasteiger partial charge in [-0.25, -0.2) is 8.78 Å². The van der Waals surface area contributed by atoms with Gasteiger partial charge in [-0.2, -0.15) is 0 Å². The molecule has 0 radical (unpaired) electrons. The summed E-state index contributed by atoms with van der Waals surface area (Å²) in [5, 5.41) is 3.06. The fraction of sp³-hybridized carbons (Fsp3) is 0.421. The van der Waals surface area contributed by atoms with Crippen LogP contribution in [0.15, 0.2) is 34.7 Å². The molecule has 3 aliphatic rings. The molecule has 3 aliphatic heterocycles. The molecule has 1 amide bonds. The van der Waals surface area contributed by atoms with Crippen LogP contribution in [-0.4, -0.2) is 36.0 Å². The SMILES string of the molecule is CC1C(NC(=O)c2ccc(-c3cc(F)ccc3F)o2)C2CCN1CC2. The van der Waals surface area contributed by atoms with Gasteiger partial charge in [0.2, 0.25) is 0 Å². The first-order chi connectivity index (χ1) is 12.0. The lowest BCUT2D eigenvalue weighted by molar-refractivity contribution is 0.0211. The molecule has 25 heavy (non-hydrogen) atoms. The molecule has 0 saturated carbocycles. The third-order valence-electron chi connectivity index (χ3n) is 5.50. The molecular weight excluding hydrogens is 326 g/mol. The maximum Gasteiger partial charge on any atom is 0.287 e. The van der Waals surface area contributed by atoms with Crippen molar-refractivity contribution in [1.29, 1.82) is 0 Å². The summed E-state index contributed by atoms with van der Waals surface area (Å²) in [6, 6.07) is 6.53. The van der Waals surface area contributed by atoms with Crippen molar-refractivity contribution in [2.45, 2.75) is 31.8 Å². The molecule has 3 fully saturated rings. The fourth-order valence-electron chi connectivity index (χ4n) is 4.06. The van der Waals surface area contributed by atoms with Gasteiger partial charge in [0.15, 0.2) is 5.76 Å². The molecule has 132 valence electrons. The molecule has 3 saturated heterocycles. The van der Waals surface area contributed by atoms with Gasteiger partial charge in [0, 0.05) is 12.1 Å². The van der Waals surface area contributed by atoms with Gasteiger partial charge in [-0.1, -0.05) is 0 Å². The van der Waals surface area contributed by atoms with Crippen molar-refractivity contribution in [3.05, 3.63) is 47.7 Å². The Bertz CT molecular complexity index is 794. The second-order valence-corrected chi connectivity index (χ2v) is 6.90. The molecule has 4 nitrogen and oxygen atoms in total. The van der Waals surface area contributed by atoms with E-state index in [1.54, 1.807) is 0 Å². The van der Waals surface area contributed by atoms with Gasteiger partial charge in [0.05, 0.1) is 5.56 Å². The zero-order valence-corrected chi connectivity index (χ0v) is 14.0. The van der Waals surface area contributed by atoms with E-state index >= 15 is 0 Å². The number of rotatable bonds is 3. The largest absolute Gasteiger partial charge is 0.451 e. The van der Waals surface area contributed by atoms with Crippen LogP contribution in [0.5, 0.6) is 0 Å². The molecule has 2 aromatic rings. The van der Waals surface area contributed by atoms with E-state index in [-0.39, 0.29) is 29.0 Å². The first-order valence-corrected chi connectivity index (χ1v) is 8.63. The summed E-state index contributed by atoms with van der Waals surface area (Å²) in [6.07, 6.45) is 2.18. The Balaban J connectivity index is 1.52. The Morgan fingerprint density at radius 1 is 1.20 bits per heavy atom. The number of furan rings is 1. The van der Waals surface area contributed by atoms with Crippen molar-refractivity contribution in [3.8, 4) is 11.3 Å². The lowest BCUT2D eigenvalue weighted by Crippen LogP contribution is -2.62. The third-order valence-corrected chi connectivity index (χ3v) is 5.50. The van der Waals surface area contributed by atoms with Crippen molar-refractivity contribution in [2.75, 3.05) is 13.1 Å². The summed E-state index contributed by atoms with van der Waals surface area (Å²) >= 11 is 0. The van der Waals surface area contributed by atoms with Crippen LogP contribution in [0.4, 0.5) is 8.78 Å². The number of piperidine rings is 3. The number of hydrogen-bond donors (Lipinski definition) is 1. The van der Waals surface area contributed by atoms with E-state index in [1.165, 1.54) is 12.1 Å². The van der Waals surface area contributed by atoms with Gasteiger partial charge >= 0.3 is 0 Å². The fourth-order valence-corrected chi connectivity index (χ4v) is 4.06. The lowest BCUT2D eigenvalue weighted by atomic mass is 9.79. The smallest absolute Gasteiger partial charge is 0.287 e. The van der Waals surface area contributed by atoms with Gasteiger partial charge < -0.3 is 9.73 Å². The van der Waals surface area contributed by atoms with E-state index in [0.717, 1.165) is 44.1 Å². The highest BCUT2D eigenvalue weighted by Crippen LogP contribution is 2.32. The third kappa shape index (κ3) is 2.95. The molecule has 2 unspecified atom stereocenters. The molecule has 2 atom stereocenters. The normalized spacial score (nSPS) is 28.1. The highest BCUT2D eigenvalue weighted by molar-refractivity contribution is 5.92. The molecule has 0 spiro atoms. The van der Waals surface area contributed by atoms with Crippen LogP contribution < -0.4 is 5.32 Å². The number of nitrogens with zero attached hydrogens (tertiary/aromatic N) is 1. The number of amides is 1. The number of halogens is 2. The molecule has 2 bridgehead atoms. The van der Waals surface area contributed by atoms with Gasteiger partial charge in [0.25, 0.3) is 5.91 Å². The van der Waals surface area contributed by atoms with Crippen LogP contribution >= 0.6 is 0 Å². The summed E-state index contributed by atoms with van der Waals surface area (Å²) in [6.45, 7) is 4.30.